The van der Waals surface area contributed by atoms with Gasteiger partial charge in [0, 0.05) is 16.8 Å². The molecule has 140 valence electrons. The minimum Gasteiger partial charge on any atom is -0.496 e. The molecule has 0 aliphatic rings. The molecule has 0 saturated heterocycles. The van der Waals surface area contributed by atoms with Crippen molar-refractivity contribution in [3.63, 3.8) is 0 Å². The van der Waals surface area contributed by atoms with Gasteiger partial charge in [-0.3, -0.25) is 4.79 Å². The topological polar surface area (TPSA) is 64.4 Å². The van der Waals surface area contributed by atoms with Crippen LogP contribution in [0.2, 0.25) is 0 Å². The number of ether oxygens (including phenoxy) is 1. The van der Waals surface area contributed by atoms with Crippen molar-refractivity contribution < 1.29 is 13.9 Å². The van der Waals surface area contributed by atoms with Gasteiger partial charge in [0.1, 0.15) is 11.3 Å². The number of amides is 1. The summed E-state index contributed by atoms with van der Waals surface area (Å²) in [6.45, 7) is 1.99. The standard InChI is InChI=1S/C22H17BrN2O3/c1-13-3-5-14(6-4-13)21(26)24-16-8-10-20-18(12-16)25-22(28-20)15-7-9-19(27-2)17(23)11-15/h3-12H,1-2H3,(H,24,26). The molecule has 28 heavy (non-hydrogen) atoms. The van der Waals surface area contributed by atoms with Crippen molar-refractivity contribution in [1.29, 1.82) is 0 Å². The molecule has 1 heterocycles. The average molecular weight is 437 g/mol. The molecule has 0 aliphatic carbocycles. The Morgan fingerprint density at radius 1 is 1.07 bits per heavy atom. The first kappa shape index (κ1) is 18.3. The second kappa shape index (κ2) is 7.48. The summed E-state index contributed by atoms with van der Waals surface area (Å²) in [5.74, 6) is 1.07. The number of methoxy groups -OCH3 is 1. The second-order valence-corrected chi connectivity index (χ2v) is 7.23. The Balaban J connectivity index is 1.60. The van der Waals surface area contributed by atoms with Gasteiger partial charge in [-0.05, 0) is 71.4 Å². The smallest absolute Gasteiger partial charge is 0.255 e. The first-order valence-corrected chi connectivity index (χ1v) is 9.45. The lowest BCUT2D eigenvalue weighted by atomic mass is 10.1. The van der Waals surface area contributed by atoms with E-state index in [0.717, 1.165) is 21.3 Å². The fourth-order valence-electron chi connectivity index (χ4n) is 2.84. The minimum absolute atomic E-state index is 0.165. The van der Waals surface area contributed by atoms with Crippen LogP contribution < -0.4 is 10.1 Å². The molecule has 0 saturated carbocycles. The normalized spacial score (nSPS) is 10.8. The van der Waals surface area contributed by atoms with E-state index in [1.165, 1.54) is 0 Å². The summed E-state index contributed by atoms with van der Waals surface area (Å²) in [6, 6.07) is 18.5. The van der Waals surface area contributed by atoms with Gasteiger partial charge in [0.25, 0.3) is 5.91 Å². The highest BCUT2D eigenvalue weighted by atomic mass is 79.9. The molecule has 4 aromatic rings. The van der Waals surface area contributed by atoms with Gasteiger partial charge in [0.15, 0.2) is 5.58 Å². The lowest BCUT2D eigenvalue weighted by molar-refractivity contribution is 0.102. The molecule has 0 aliphatic heterocycles. The number of carbonyl (C=O) groups is 1. The number of nitrogens with one attached hydrogen (secondary N) is 1. The lowest BCUT2D eigenvalue weighted by Gasteiger charge is -2.05. The predicted molar refractivity (Wildman–Crippen MR) is 113 cm³/mol. The second-order valence-electron chi connectivity index (χ2n) is 6.37. The number of halogens is 1. The molecular formula is C22H17BrN2O3. The SMILES string of the molecule is COc1ccc(-c2nc3cc(NC(=O)c4ccc(C)cc4)ccc3o2)cc1Br. The van der Waals surface area contributed by atoms with E-state index >= 15 is 0 Å². The summed E-state index contributed by atoms with van der Waals surface area (Å²) >= 11 is 3.47. The number of oxazole rings is 1. The van der Waals surface area contributed by atoms with Crippen molar-refractivity contribution in [2.75, 3.05) is 12.4 Å². The largest absolute Gasteiger partial charge is 0.496 e. The monoisotopic (exact) mass is 436 g/mol. The van der Waals surface area contributed by atoms with E-state index in [1.807, 2.05) is 37.3 Å². The molecule has 0 spiro atoms. The molecule has 6 heteroatoms. The van der Waals surface area contributed by atoms with Crippen molar-refractivity contribution >= 4 is 38.6 Å². The van der Waals surface area contributed by atoms with Gasteiger partial charge in [0.2, 0.25) is 5.89 Å². The van der Waals surface area contributed by atoms with Crippen LogP contribution in [0.5, 0.6) is 5.75 Å². The van der Waals surface area contributed by atoms with Crippen LogP contribution in [0, 0.1) is 6.92 Å². The summed E-state index contributed by atoms with van der Waals surface area (Å²) in [4.78, 5) is 17.0. The molecule has 3 aromatic carbocycles. The summed E-state index contributed by atoms with van der Waals surface area (Å²) in [5.41, 5.74) is 4.52. The third kappa shape index (κ3) is 3.64. The first-order valence-electron chi connectivity index (χ1n) is 8.66. The molecule has 0 unspecified atom stereocenters. The minimum atomic E-state index is -0.165. The molecule has 0 atom stereocenters. The van der Waals surface area contributed by atoms with Gasteiger partial charge < -0.3 is 14.5 Å². The molecule has 0 fully saturated rings. The molecular weight excluding hydrogens is 420 g/mol. The third-order valence-corrected chi connectivity index (χ3v) is 4.98. The number of rotatable bonds is 4. The Bertz CT molecular complexity index is 1170. The Labute approximate surface area is 170 Å². The van der Waals surface area contributed by atoms with Gasteiger partial charge in [-0.15, -0.1) is 0 Å². The number of carbonyl (C=O) groups excluding carboxylic acids is 1. The van der Waals surface area contributed by atoms with E-state index in [9.17, 15) is 4.79 Å². The van der Waals surface area contributed by atoms with Crippen LogP contribution in [0.3, 0.4) is 0 Å². The van der Waals surface area contributed by atoms with E-state index in [4.69, 9.17) is 9.15 Å². The molecule has 1 amide bonds. The number of fused-ring (bicyclic) bond motifs is 1. The Morgan fingerprint density at radius 2 is 1.86 bits per heavy atom. The van der Waals surface area contributed by atoms with E-state index in [0.29, 0.717) is 28.2 Å². The summed E-state index contributed by atoms with van der Waals surface area (Å²) in [6.07, 6.45) is 0. The highest BCUT2D eigenvalue weighted by Crippen LogP contribution is 2.32. The Kier molecular flexibility index (Phi) is 4.88. The number of hydrogen-bond donors (Lipinski definition) is 1. The Morgan fingerprint density at radius 3 is 2.57 bits per heavy atom. The summed E-state index contributed by atoms with van der Waals surface area (Å²) in [7, 11) is 1.62. The van der Waals surface area contributed by atoms with Crippen LogP contribution in [-0.2, 0) is 0 Å². The zero-order valence-corrected chi connectivity index (χ0v) is 16.9. The first-order chi connectivity index (χ1) is 13.5. The van der Waals surface area contributed by atoms with Crippen molar-refractivity contribution in [3.8, 4) is 17.2 Å². The highest BCUT2D eigenvalue weighted by Gasteiger charge is 2.12. The zero-order valence-electron chi connectivity index (χ0n) is 15.3. The van der Waals surface area contributed by atoms with E-state index in [1.54, 1.807) is 37.4 Å². The fraction of sp³-hybridized carbons (Fsp3) is 0.0909. The quantitative estimate of drug-likeness (QED) is 0.437. The van der Waals surface area contributed by atoms with E-state index in [-0.39, 0.29) is 5.91 Å². The average Bonchev–Trinajstić information content (AvgIpc) is 3.12. The molecule has 4 rings (SSSR count). The lowest BCUT2D eigenvalue weighted by Crippen LogP contribution is -2.11. The van der Waals surface area contributed by atoms with Gasteiger partial charge in [0.05, 0.1) is 11.6 Å². The van der Waals surface area contributed by atoms with Gasteiger partial charge in [-0.25, -0.2) is 4.98 Å². The van der Waals surface area contributed by atoms with Gasteiger partial charge >= 0.3 is 0 Å². The highest BCUT2D eigenvalue weighted by molar-refractivity contribution is 9.10. The number of aromatic nitrogens is 1. The van der Waals surface area contributed by atoms with Crippen LogP contribution >= 0.6 is 15.9 Å². The van der Waals surface area contributed by atoms with Gasteiger partial charge in [-0.2, -0.15) is 0 Å². The maximum Gasteiger partial charge on any atom is 0.255 e. The van der Waals surface area contributed by atoms with Crippen LogP contribution in [0.1, 0.15) is 15.9 Å². The zero-order chi connectivity index (χ0) is 19.7. The van der Waals surface area contributed by atoms with Crippen molar-refractivity contribution in [2.24, 2.45) is 0 Å². The molecule has 0 bridgehead atoms. The number of hydrogen-bond acceptors (Lipinski definition) is 4. The van der Waals surface area contributed by atoms with Gasteiger partial charge in [-0.1, -0.05) is 17.7 Å². The van der Waals surface area contributed by atoms with E-state index in [2.05, 4.69) is 26.2 Å². The number of aryl methyl sites for hydroxylation is 1. The number of nitrogens with zero attached hydrogens (tertiary/aromatic N) is 1. The number of benzene rings is 3. The summed E-state index contributed by atoms with van der Waals surface area (Å²) < 4.78 is 11.9. The maximum absolute atomic E-state index is 12.4. The number of anilines is 1. The van der Waals surface area contributed by atoms with Crippen LogP contribution in [0.4, 0.5) is 5.69 Å². The van der Waals surface area contributed by atoms with Crippen molar-refractivity contribution in [3.05, 3.63) is 76.3 Å². The molecule has 1 N–H and O–H groups in total. The predicted octanol–water partition coefficient (Wildman–Crippen LogP) is 5.83. The van der Waals surface area contributed by atoms with Crippen LogP contribution in [-0.4, -0.2) is 18.0 Å². The Hall–Kier alpha value is -3.12. The molecule has 0 radical (unpaired) electrons. The third-order valence-electron chi connectivity index (χ3n) is 4.36. The summed E-state index contributed by atoms with van der Waals surface area (Å²) in [5, 5.41) is 2.90. The molecule has 5 nitrogen and oxygen atoms in total. The fourth-order valence-corrected chi connectivity index (χ4v) is 3.38. The van der Waals surface area contributed by atoms with Crippen molar-refractivity contribution in [2.45, 2.75) is 6.92 Å². The van der Waals surface area contributed by atoms with Crippen LogP contribution in [0.25, 0.3) is 22.6 Å². The van der Waals surface area contributed by atoms with Crippen LogP contribution in [0.15, 0.2) is 69.6 Å². The van der Waals surface area contributed by atoms with E-state index < -0.39 is 0 Å². The molecule has 1 aromatic heterocycles. The maximum atomic E-state index is 12.4. The van der Waals surface area contributed by atoms with Crippen molar-refractivity contribution in [1.82, 2.24) is 4.98 Å².